The Labute approximate surface area is 252 Å². The molecule has 2 N–H and O–H groups in total. The molecule has 2 aliphatic carbocycles. The molecule has 10 unspecified atom stereocenters. The molecule has 0 aromatic rings. The topological polar surface area (TPSA) is 158 Å². The highest BCUT2D eigenvalue weighted by molar-refractivity contribution is 5.89. The zero-order valence-electron chi connectivity index (χ0n) is 26.2. The van der Waals surface area contributed by atoms with Gasteiger partial charge in [0.25, 0.3) is 0 Å². The van der Waals surface area contributed by atoms with Crippen LogP contribution in [-0.2, 0) is 42.9 Å². The molecule has 4 rings (SSSR count). The first-order valence-corrected chi connectivity index (χ1v) is 15.3. The Morgan fingerprint density at radius 3 is 2.28 bits per heavy atom. The molecule has 0 bridgehead atoms. The second kappa shape index (κ2) is 12.0. The van der Waals surface area contributed by atoms with Crippen LogP contribution in [0.1, 0.15) is 93.4 Å². The van der Waals surface area contributed by atoms with Crippen molar-refractivity contribution in [3.8, 4) is 0 Å². The number of aliphatic hydroxyl groups excluding tert-OH is 1. The molecule has 0 aromatic heterocycles. The molecule has 0 radical (unpaired) electrons. The number of fused-ring (bicyclic) bond motifs is 1. The van der Waals surface area contributed by atoms with E-state index in [4.69, 9.17) is 23.7 Å². The first kappa shape index (κ1) is 33.1. The Morgan fingerprint density at radius 2 is 1.67 bits per heavy atom. The summed E-state index contributed by atoms with van der Waals surface area (Å²) in [6.07, 6.45) is 3.91. The van der Waals surface area contributed by atoms with Gasteiger partial charge in [-0.15, -0.1) is 0 Å². The van der Waals surface area contributed by atoms with Gasteiger partial charge in [-0.2, -0.15) is 0 Å². The molecule has 2 fully saturated rings. The van der Waals surface area contributed by atoms with Crippen LogP contribution in [0.4, 0.5) is 0 Å². The van der Waals surface area contributed by atoms with Crippen molar-refractivity contribution in [2.75, 3.05) is 0 Å². The van der Waals surface area contributed by atoms with Gasteiger partial charge in [0.15, 0.2) is 17.3 Å². The van der Waals surface area contributed by atoms with Crippen LogP contribution in [0, 0.1) is 11.3 Å². The molecule has 2 heterocycles. The molecule has 240 valence electrons. The van der Waals surface area contributed by atoms with E-state index < -0.39 is 82.5 Å². The van der Waals surface area contributed by atoms with Gasteiger partial charge in [0.05, 0.1) is 5.60 Å². The maximum Gasteiger partial charge on any atom is 0.342 e. The average Bonchev–Trinajstić information content (AvgIpc) is 3.49. The molecule has 0 saturated carbocycles. The average molecular weight is 607 g/mol. The largest absolute Gasteiger partial charge is 0.461 e. The first-order chi connectivity index (χ1) is 20.0. The van der Waals surface area contributed by atoms with Crippen molar-refractivity contribution in [3.05, 3.63) is 23.8 Å². The van der Waals surface area contributed by atoms with E-state index in [1.54, 1.807) is 26.0 Å². The number of carbonyl (C=O) groups is 4. The Morgan fingerprint density at radius 1 is 1.02 bits per heavy atom. The molecule has 4 aliphatic rings. The third kappa shape index (κ3) is 5.76. The Bertz CT molecular complexity index is 1190. The minimum Gasteiger partial charge on any atom is -0.461 e. The summed E-state index contributed by atoms with van der Waals surface area (Å²) >= 11 is 0. The smallest absolute Gasteiger partial charge is 0.342 e. The molecular weight excluding hydrogens is 560 g/mol. The third-order valence-electron chi connectivity index (χ3n) is 9.79. The van der Waals surface area contributed by atoms with Gasteiger partial charge in [0.2, 0.25) is 0 Å². The molecule has 0 amide bonds. The second-order valence-electron chi connectivity index (χ2n) is 13.0. The van der Waals surface area contributed by atoms with Crippen molar-refractivity contribution < 1.29 is 53.1 Å². The summed E-state index contributed by atoms with van der Waals surface area (Å²) in [5.74, 6) is -3.59. The number of esters is 4. The lowest BCUT2D eigenvalue weighted by atomic mass is 9.55. The molecule has 10 atom stereocenters. The van der Waals surface area contributed by atoms with E-state index in [0.29, 0.717) is 12.0 Å². The quantitative estimate of drug-likeness (QED) is 0.130. The summed E-state index contributed by atoms with van der Waals surface area (Å²) in [5.41, 5.74) is -5.84. The van der Waals surface area contributed by atoms with Gasteiger partial charge in [-0.05, 0) is 38.8 Å². The summed E-state index contributed by atoms with van der Waals surface area (Å²) in [4.78, 5) is 51.3. The monoisotopic (exact) mass is 606 g/mol. The van der Waals surface area contributed by atoms with E-state index >= 15 is 0 Å². The predicted molar refractivity (Wildman–Crippen MR) is 152 cm³/mol. The minimum atomic E-state index is -1.96. The minimum absolute atomic E-state index is 0.00835. The third-order valence-corrected chi connectivity index (χ3v) is 9.79. The van der Waals surface area contributed by atoms with Gasteiger partial charge >= 0.3 is 23.9 Å². The number of rotatable bonds is 9. The van der Waals surface area contributed by atoms with Gasteiger partial charge in [-0.3, -0.25) is 14.4 Å². The fourth-order valence-corrected chi connectivity index (χ4v) is 7.33. The predicted octanol–water partition coefficient (Wildman–Crippen LogP) is 3.23. The SMILES string of the molecule is CCCCCCCC(=O)OC1CC(OC(C)=O)C2(C)C=CC(O)C(C)(O)C2C(OC(C)=O)C23OC2(C)C(=O)OC3C=C1C. The van der Waals surface area contributed by atoms with Crippen LogP contribution in [0.25, 0.3) is 0 Å². The second-order valence-corrected chi connectivity index (χ2v) is 13.0. The van der Waals surface area contributed by atoms with Crippen molar-refractivity contribution >= 4 is 23.9 Å². The van der Waals surface area contributed by atoms with Gasteiger partial charge in [-0.25, -0.2) is 4.79 Å². The zero-order chi connectivity index (χ0) is 32.0. The summed E-state index contributed by atoms with van der Waals surface area (Å²) in [5, 5.41) is 22.9. The van der Waals surface area contributed by atoms with Crippen LogP contribution in [0.2, 0.25) is 0 Å². The molecule has 11 heteroatoms. The highest BCUT2D eigenvalue weighted by Gasteiger charge is 2.87. The van der Waals surface area contributed by atoms with Crippen molar-refractivity contribution in [2.45, 2.75) is 141 Å². The van der Waals surface area contributed by atoms with Crippen LogP contribution in [0.3, 0.4) is 0 Å². The normalized spacial score (nSPS) is 41.5. The number of epoxide rings is 1. The highest BCUT2D eigenvalue weighted by atomic mass is 16.7. The van der Waals surface area contributed by atoms with Crippen molar-refractivity contribution in [1.29, 1.82) is 0 Å². The van der Waals surface area contributed by atoms with Crippen LogP contribution in [-0.4, -0.2) is 81.4 Å². The fourth-order valence-electron chi connectivity index (χ4n) is 7.33. The lowest BCUT2D eigenvalue weighted by molar-refractivity contribution is -0.215. The van der Waals surface area contributed by atoms with Gasteiger partial charge in [0, 0.05) is 38.0 Å². The molecule has 11 nitrogen and oxygen atoms in total. The van der Waals surface area contributed by atoms with E-state index in [2.05, 4.69) is 6.92 Å². The van der Waals surface area contributed by atoms with Gasteiger partial charge in [-0.1, -0.05) is 51.7 Å². The van der Waals surface area contributed by atoms with Crippen LogP contribution in [0.15, 0.2) is 23.8 Å². The number of ether oxygens (including phenoxy) is 5. The summed E-state index contributed by atoms with van der Waals surface area (Å²) in [6.45, 7) is 10.9. The number of hydrogen-bond donors (Lipinski definition) is 2. The Balaban J connectivity index is 1.85. The lowest BCUT2D eigenvalue weighted by Crippen LogP contribution is -2.67. The van der Waals surface area contributed by atoms with Gasteiger partial charge in [0.1, 0.15) is 24.4 Å². The van der Waals surface area contributed by atoms with Gasteiger partial charge < -0.3 is 33.9 Å². The maximum absolute atomic E-state index is 13.2. The molecule has 0 aromatic carbocycles. The van der Waals surface area contributed by atoms with Crippen molar-refractivity contribution in [1.82, 2.24) is 0 Å². The van der Waals surface area contributed by atoms with Crippen molar-refractivity contribution in [2.24, 2.45) is 11.3 Å². The summed E-state index contributed by atoms with van der Waals surface area (Å²) in [7, 11) is 0. The zero-order valence-corrected chi connectivity index (χ0v) is 26.2. The van der Waals surface area contributed by atoms with E-state index in [1.807, 2.05) is 0 Å². The molecular formula is C32H46O11. The lowest BCUT2D eigenvalue weighted by Gasteiger charge is -2.54. The Hall–Kier alpha value is -2.76. The van der Waals surface area contributed by atoms with E-state index in [0.717, 1.165) is 25.7 Å². The number of hydrogen-bond acceptors (Lipinski definition) is 11. The number of carbonyl (C=O) groups excluding carboxylic acids is 4. The highest BCUT2D eigenvalue weighted by Crippen LogP contribution is 2.65. The standard InChI is InChI=1S/C32H46O11/c1-8-9-10-11-12-13-25(36)41-21-17-23(39-19(3)33)29(5)15-14-22(35)30(6,38)26(29)27(40-20(4)34)32-24(16-18(21)2)42-28(37)31(32,7)43-32/h14-16,21-24,26-27,35,38H,8-13,17H2,1-7H3. The molecule has 2 aliphatic heterocycles. The summed E-state index contributed by atoms with van der Waals surface area (Å²) in [6, 6.07) is 0. The molecule has 43 heavy (non-hydrogen) atoms. The number of aliphatic hydroxyl groups is 2. The van der Waals surface area contributed by atoms with Crippen molar-refractivity contribution in [3.63, 3.8) is 0 Å². The Kier molecular flexibility index (Phi) is 9.22. The summed E-state index contributed by atoms with van der Waals surface area (Å²) < 4.78 is 29.7. The van der Waals surface area contributed by atoms with Crippen LogP contribution >= 0.6 is 0 Å². The van der Waals surface area contributed by atoms with E-state index in [9.17, 15) is 29.4 Å². The van der Waals surface area contributed by atoms with Crippen LogP contribution < -0.4 is 0 Å². The molecule has 2 saturated heterocycles. The van der Waals surface area contributed by atoms with Crippen LogP contribution in [0.5, 0.6) is 0 Å². The number of unbranched alkanes of at least 4 members (excludes halogenated alkanes) is 4. The van der Waals surface area contributed by atoms with E-state index in [1.165, 1.54) is 33.8 Å². The maximum atomic E-state index is 13.2. The first-order valence-electron chi connectivity index (χ1n) is 15.3. The fraction of sp³-hybridized carbons (Fsp3) is 0.750. The molecule has 1 spiro atoms. The van der Waals surface area contributed by atoms with E-state index in [-0.39, 0.29) is 12.8 Å².